The second-order valence-corrected chi connectivity index (χ2v) is 10.4. The van der Waals surface area contributed by atoms with Crippen molar-refractivity contribution in [2.45, 2.75) is 19.0 Å². The van der Waals surface area contributed by atoms with Crippen LogP contribution in [0.25, 0.3) is 16.9 Å². The average Bonchev–Trinajstić information content (AvgIpc) is 3.70. The number of tetrazole rings is 1. The highest BCUT2D eigenvalue weighted by Crippen LogP contribution is 2.30. The molecule has 230 valence electrons. The van der Waals surface area contributed by atoms with E-state index in [4.69, 9.17) is 23.2 Å². The number of carboxylic acid groups (broad SMARTS) is 1. The molecule has 5 rings (SSSR count). The highest BCUT2D eigenvalue weighted by molar-refractivity contribution is 6.32. The summed E-state index contributed by atoms with van der Waals surface area (Å²) in [5, 5.41) is 29.7. The zero-order chi connectivity index (χ0) is 31.9. The summed E-state index contributed by atoms with van der Waals surface area (Å²) in [5.41, 5.74) is 3.59. The zero-order valence-electron chi connectivity index (χ0n) is 23.5. The van der Waals surface area contributed by atoms with Gasteiger partial charge in [-0.05, 0) is 70.4 Å². The van der Waals surface area contributed by atoms with Crippen molar-refractivity contribution in [3.8, 4) is 16.9 Å². The molecule has 0 aliphatic carbocycles. The number of urea groups is 1. The molecular formula is C29H25Cl2N9O5. The molecule has 3 aromatic carbocycles. The number of carboxylic acids is 1. The van der Waals surface area contributed by atoms with Gasteiger partial charge in [0, 0.05) is 22.8 Å². The molecule has 0 bridgehead atoms. The Kier molecular flexibility index (Phi) is 9.55. The lowest BCUT2D eigenvalue weighted by atomic mass is 10.0. The van der Waals surface area contributed by atoms with Crippen molar-refractivity contribution in [1.29, 1.82) is 0 Å². The Hall–Kier alpha value is -5.47. The Morgan fingerprint density at radius 2 is 1.87 bits per heavy atom. The number of aromatic carboxylic acids is 1. The molecule has 0 radical (unpaired) electrons. The highest BCUT2D eigenvalue weighted by atomic mass is 35.5. The third kappa shape index (κ3) is 7.74. The number of carbonyl (C=O) groups excluding carboxylic acids is 2. The number of ether oxygens (including phenoxy) is 1. The summed E-state index contributed by atoms with van der Waals surface area (Å²) in [4.78, 5) is 44.0. The van der Waals surface area contributed by atoms with Crippen molar-refractivity contribution < 1.29 is 24.2 Å². The van der Waals surface area contributed by atoms with Crippen LogP contribution in [0.5, 0.6) is 0 Å². The van der Waals surface area contributed by atoms with Gasteiger partial charge in [-0.15, -0.1) is 5.10 Å². The summed E-state index contributed by atoms with van der Waals surface area (Å²) < 4.78 is 6.07. The van der Waals surface area contributed by atoms with Gasteiger partial charge in [0.1, 0.15) is 23.0 Å². The third-order valence-corrected chi connectivity index (χ3v) is 7.10. The number of anilines is 1. The first-order chi connectivity index (χ1) is 21.7. The van der Waals surface area contributed by atoms with E-state index in [1.165, 1.54) is 30.3 Å². The Bertz CT molecular complexity index is 1830. The van der Waals surface area contributed by atoms with Gasteiger partial charge in [-0.2, -0.15) is 0 Å². The molecule has 0 unspecified atom stereocenters. The maximum atomic E-state index is 13.2. The van der Waals surface area contributed by atoms with Crippen LogP contribution in [-0.4, -0.2) is 60.5 Å². The van der Waals surface area contributed by atoms with E-state index in [0.29, 0.717) is 44.6 Å². The van der Waals surface area contributed by atoms with E-state index in [1.807, 2.05) is 0 Å². The molecule has 1 atom stereocenters. The molecule has 0 aliphatic rings. The van der Waals surface area contributed by atoms with E-state index >= 15 is 0 Å². The van der Waals surface area contributed by atoms with Gasteiger partial charge >= 0.3 is 18.1 Å². The predicted molar refractivity (Wildman–Crippen MR) is 164 cm³/mol. The van der Waals surface area contributed by atoms with E-state index < -0.39 is 24.1 Å². The summed E-state index contributed by atoms with van der Waals surface area (Å²) in [7, 11) is 1.27. The van der Waals surface area contributed by atoms with Gasteiger partial charge < -0.3 is 25.5 Å². The van der Waals surface area contributed by atoms with Gasteiger partial charge in [0.25, 0.3) is 0 Å². The molecular weight excluding hydrogens is 625 g/mol. The second kappa shape index (κ2) is 13.9. The molecule has 5 aromatic rings. The third-order valence-electron chi connectivity index (χ3n) is 6.59. The quantitative estimate of drug-likeness (QED) is 0.138. The Labute approximate surface area is 265 Å². The van der Waals surface area contributed by atoms with Gasteiger partial charge in [0.15, 0.2) is 0 Å². The predicted octanol–water partition coefficient (Wildman–Crippen LogP) is 5.02. The van der Waals surface area contributed by atoms with Crippen molar-refractivity contribution in [3.63, 3.8) is 0 Å². The minimum atomic E-state index is -1.08. The number of rotatable bonds is 10. The molecule has 16 heteroatoms. The second-order valence-electron chi connectivity index (χ2n) is 9.60. The minimum absolute atomic E-state index is 0.0823. The number of methoxy groups -OCH3 is 1. The van der Waals surface area contributed by atoms with Gasteiger partial charge in [0.2, 0.25) is 0 Å². The van der Waals surface area contributed by atoms with Crippen molar-refractivity contribution in [2.75, 3.05) is 12.4 Å². The fraction of sp³-hybridized carbons (Fsp3) is 0.138. The number of amides is 3. The number of nitrogens with zero attached hydrogens (tertiary/aromatic N) is 5. The standard InChI is InChI=1S/C29H25Cl2N9O5/c1-45-29(44)34-21-8-5-17(6-9-21)24-25(31)37-26(36-24)22(12-16-3-2-4-18(11-16)27(41)42)35-28(43)32-14-19-13-20(30)7-10-23(19)40-15-33-38-39-40/h2-11,13,15,22H,12,14H2,1H3,(H,34,44)(H,36,37)(H,41,42)(H2,32,35,43)/t22-/m0/s1. The molecule has 2 heterocycles. The lowest BCUT2D eigenvalue weighted by molar-refractivity contribution is 0.0696. The summed E-state index contributed by atoms with van der Waals surface area (Å²) in [5.74, 6) is -0.743. The Balaban J connectivity index is 1.39. The van der Waals surface area contributed by atoms with Crippen LogP contribution in [0.15, 0.2) is 73.1 Å². The molecule has 0 saturated heterocycles. The molecule has 0 saturated carbocycles. The maximum absolute atomic E-state index is 13.2. The van der Waals surface area contributed by atoms with Crippen LogP contribution < -0.4 is 16.0 Å². The molecule has 5 N–H and O–H groups in total. The van der Waals surface area contributed by atoms with E-state index in [9.17, 15) is 19.5 Å². The smallest absolute Gasteiger partial charge is 0.411 e. The number of hydrogen-bond acceptors (Lipinski definition) is 8. The van der Waals surface area contributed by atoms with Gasteiger partial charge in [-0.1, -0.05) is 47.5 Å². The van der Waals surface area contributed by atoms with Crippen LogP contribution in [0.3, 0.4) is 0 Å². The van der Waals surface area contributed by atoms with Crippen LogP contribution in [0.1, 0.15) is 33.4 Å². The van der Waals surface area contributed by atoms with E-state index in [2.05, 4.69) is 46.2 Å². The summed E-state index contributed by atoms with van der Waals surface area (Å²) >= 11 is 12.8. The number of H-pyrrole nitrogens is 1. The fourth-order valence-electron chi connectivity index (χ4n) is 4.46. The summed E-state index contributed by atoms with van der Waals surface area (Å²) in [6.07, 6.45) is 1.01. The normalized spacial score (nSPS) is 11.4. The number of halogens is 2. The lowest BCUT2D eigenvalue weighted by Gasteiger charge is -2.18. The number of hydrogen-bond donors (Lipinski definition) is 5. The van der Waals surface area contributed by atoms with Crippen LogP contribution in [0.2, 0.25) is 10.2 Å². The van der Waals surface area contributed by atoms with Crippen LogP contribution in [0.4, 0.5) is 15.3 Å². The summed E-state index contributed by atoms with van der Waals surface area (Å²) in [6, 6.07) is 17.0. The van der Waals surface area contributed by atoms with Gasteiger partial charge in [-0.25, -0.2) is 24.0 Å². The average molecular weight is 650 g/mol. The lowest BCUT2D eigenvalue weighted by Crippen LogP contribution is -2.39. The van der Waals surface area contributed by atoms with E-state index in [-0.39, 0.29) is 23.7 Å². The number of benzene rings is 3. The molecule has 0 fully saturated rings. The summed E-state index contributed by atoms with van der Waals surface area (Å²) in [6.45, 7) is 0.0823. The fourth-order valence-corrected chi connectivity index (χ4v) is 4.91. The molecule has 0 aliphatic heterocycles. The van der Waals surface area contributed by atoms with Crippen molar-refractivity contribution >= 4 is 47.0 Å². The van der Waals surface area contributed by atoms with E-state index in [0.717, 1.165) is 0 Å². The first-order valence-corrected chi connectivity index (χ1v) is 14.0. The molecule has 0 spiro atoms. The Morgan fingerprint density at radius 3 is 2.58 bits per heavy atom. The van der Waals surface area contributed by atoms with Crippen LogP contribution in [-0.2, 0) is 17.7 Å². The maximum Gasteiger partial charge on any atom is 0.411 e. The largest absolute Gasteiger partial charge is 0.478 e. The van der Waals surface area contributed by atoms with Gasteiger partial charge in [-0.3, -0.25) is 5.32 Å². The van der Waals surface area contributed by atoms with Crippen molar-refractivity contribution in [2.24, 2.45) is 0 Å². The van der Waals surface area contributed by atoms with Crippen molar-refractivity contribution in [1.82, 2.24) is 40.8 Å². The number of aromatic nitrogens is 6. The molecule has 3 amide bonds. The monoisotopic (exact) mass is 649 g/mol. The number of carbonyl (C=O) groups is 3. The number of aromatic amines is 1. The molecule has 14 nitrogen and oxygen atoms in total. The van der Waals surface area contributed by atoms with Crippen LogP contribution >= 0.6 is 23.2 Å². The van der Waals surface area contributed by atoms with Gasteiger partial charge in [0.05, 0.1) is 24.4 Å². The number of nitrogens with one attached hydrogen (secondary N) is 4. The first kappa shape index (κ1) is 31.0. The topological polar surface area (TPSA) is 189 Å². The minimum Gasteiger partial charge on any atom is -0.478 e. The Morgan fingerprint density at radius 1 is 1.07 bits per heavy atom. The van der Waals surface area contributed by atoms with E-state index in [1.54, 1.807) is 54.6 Å². The van der Waals surface area contributed by atoms with Crippen molar-refractivity contribution in [3.05, 3.63) is 106 Å². The first-order valence-electron chi connectivity index (χ1n) is 13.3. The highest BCUT2D eigenvalue weighted by Gasteiger charge is 2.22. The SMILES string of the molecule is COC(=O)Nc1ccc(-c2nc([C@H](Cc3cccc(C(=O)O)c3)NC(=O)NCc3cc(Cl)ccc3-n3cnnn3)[nH]c2Cl)cc1. The number of imidazole rings is 1. The molecule has 2 aromatic heterocycles. The molecule has 45 heavy (non-hydrogen) atoms. The zero-order valence-corrected chi connectivity index (χ0v) is 25.0. The van der Waals surface area contributed by atoms with Crippen LogP contribution in [0, 0.1) is 0 Å².